The fourth-order valence-electron chi connectivity index (χ4n) is 4.27. The third kappa shape index (κ3) is 8.71. The zero-order valence-electron chi connectivity index (χ0n) is 20.4. The maximum Gasteiger partial charge on any atom is 0.342 e. The maximum absolute atomic E-state index is 12.3. The lowest BCUT2D eigenvalue weighted by molar-refractivity contribution is -0.147. The summed E-state index contributed by atoms with van der Waals surface area (Å²) in [6.45, 7) is 2.98. The number of ketones is 1. The van der Waals surface area contributed by atoms with Crippen molar-refractivity contribution in [3.8, 4) is 11.5 Å². The number of ether oxygens (including phenoxy) is 4. The first kappa shape index (κ1) is 26.7. The molecule has 2 unspecified atom stereocenters. The number of Topliss-reactive ketones (excluding diaryl/α,β-unsaturated/α-hetero) is 1. The Morgan fingerprint density at radius 3 is 2.21 bits per heavy atom. The van der Waals surface area contributed by atoms with Crippen LogP contribution < -0.4 is 9.47 Å². The summed E-state index contributed by atoms with van der Waals surface area (Å²) in [7, 11) is 3.13. The molecule has 0 amide bonds. The quantitative estimate of drug-likeness (QED) is 0.229. The van der Waals surface area contributed by atoms with Crippen LogP contribution in [0.1, 0.15) is 107 Å². The zero-order chi connectivity index (χ0) is 24.2. The molecule has 0 aliphatic carbocycles. The van der Waals surface area contributed by atoms with Gasteiger partial charge in [-0.15, -0.1) is 0 Å². The Bertz CT molecular complexity index is 802. The molecule has 7 heteroatoms. The lowest BCUT2D eigenvalue weighted by Gasteiger charge is -2.16. The molecule has 0 saturated carbocycles. The third-order valence-corrected chi connectivity index (χ3v) is 6.01. The number of esters is 2. The van der Waals surface area contributed by atoms with Crippen molar-refractivity contribution in [3.63, 3.8) is 0 Å². The number of carbonyl (C=O) groups excluding carboxylic acids is 3. The summed E-state index contributed by atoms with van der Waals surface area (Å²) in [6.07, 6.45) is 9.83. The molecule has 1 aromatic rings. The SMILES string of the molecule is COc1cc(OC)c2c(c1)C(CCCCCCCCCC(CCC(C)=O)OC(C)=O)OC2=O. The Hall–Kier alpha value is -2.57. The van der Waals surface area contributed by atoms with E-state index in [0.29, 0.717) is 29.9 Å². The highest BCUT2D eigenvalue weighted by Crippen LogP contribution is 2.41. The molecule has 2 atom stereocenters. The van der Waals surface area contributed by atoms with Gasteiger partial charge in [-0.25, -0.2) is 4.79 Å². The van der Waals surface area contributed by atoms with Crippen LogP contribution in [0.2, 0.25) is 0 Å². The molecule has 0 N–H and O–H groups in total. The van der Waals surface area contributed by atoms with Crippen LogP contribution in [0.15, 0.2) is 12.1 Å². The van der Waals surface area contributed by atoms with Crippen LogP contribution >= 0.6 is 0 Å². The van der Waals surface area contributed by atoms with Crippen LogP contribution in [-0.2, 0) is 19.1 Å². The van der Waals surface area contributed by atoms with E-state index in [1.807, 2.05) is 6.07 Å². The summed E-state index contributed by atoms with van der Waals surface area (Å²) in [5.74, 6) is 0.669. The van der Waals surface area contributed by atoms with Crippen molar-refractivity contribution in [1.29, 1.82) is 0 Å². The van der Waals surface area contributed by atoms with Crippen LogP contribution in [0.5, 0.6) is 11.5 Å². The Morgan fingerprint density at radius 2 is 1.61 bits per heavy atom. The molecule has 1 heterocycles. The monoisotopic (exact) mass is 462 g/mol. The Balaban J connectivity index is 1.64. The van der Waals surface area contributed by atoms with Gasteiger partial charge >= 0.3 is 11.9 Å². The topological polar surface area (TPSA) is 88.1 Å². The smallest absolute Gasteiger partial charge is 0.342 e. The molecule has 2 rings (SSSR count). The Labute approximate surface area is 197 Å². The third-order valence-electron chi connectivity index (χ3n) is 6.01. The molecule has 184 valence electrons. The van der Waals surface area contributed by atoms with Crippen molar-refractivity contribution < 1.29 is 33.3 Å². The number of hydrogen-bond acceptors (Lipinski definition) is 7. The van der Waals surface area contributed by atoms with Crippen LogP contribution in [0.3, 0.4) is 0 Å². The van der Waals surface area contributed by atoms with Crippen LogP contribution in [0, 0.1) is 0 Å². The number of benzene rings is 1. The molecule has 1 aliphatic heterocycles. The summed E-state index contributed by atoms with van der Waals surface area (Å²) < 4.78 is 21.6. The van der Waals surface area contributed by atoms with Crippen LogP contribution in [0.4, 0.5) is 0 Å². The first-order chi connectivity index (χ1) is 15.8. The highest BCUT2D eigenvalue weighted by Gasteiger charge is 2.34. The molecule has 33 heavy (non-hydrogen) atoms. The summed E-state index contributed by atoms with van der Waals surface area (Å²) in [4.78, 5) is 34.7. The number of methoxy groups -OCH3 is 2. The van der Waals surface area contributed by atoms with Crippen molar-refractivity contribution in [2.75, 3.05) is 14.2 Å². The van der Waals surface area contributed by atoms with Crippen molar-refractivity contribution in [1.82, 2.24) is 0 Å². The molecular weight excluding hydrogens is 424 g/mol. The van der Waals surface area contributed by atoms with E-state index in [1.54, 1.807) is 20.1 Å². The minimum atomic E-state index is -0.329. The van der Waals surface area contributed by atoms with Crippen molar-refractivity contribution in [2.24, 2.45) is 0 Å². The second-order valence-electron chi connectivity index (χ2n) is 8.71. The standard InChI is InChI=1S/C26H38O7/c1-18(27)14-15-20(32-19(2)28)12-10-8-6-5-7-9-11-13-23-22-16-21(30-3)17-24(31-4)25(22)26(29)33-23/h16-17,20,23H,5-15H2,1-4H3. The second kappa shape index (κ2) is 13.9. The van der Waals surface area contributed by atoms with Gasteiger partial charge in [0.15, 0.2) is 0 Å². The Morgan fingerprint density at radius 1 is 0.939 bits per heavy atom. The summed E-state index contributed by atoms with van der Waals surface area (Å²) in [5, 5.41) is 0. The highest BCUT2D eigenvalue weighted by molar-refractivity contribution is 5.97. The first-order valence-corrected chi connectivity index (χ1v) is 12.0. The van der Waals surface area contributed by atoms with Gasteiger partial charge in [0.05, 0.1) is 14.2 Å². The van der Waals surface area contributed by atoms with E-state index in [2.05, 4.69) is 0 Å². The minimum Gasteiger partial charge on any atom is -0.497 e. The summed E-state index contributed by atoms with van der Waals surface area (Å²) in [6, 6.07) is 3.58. The lowest BCUT2D eigenvalue weighted by Crippen LogP contribution is -2.17. The largest absolute Gasteiger partial charge is 0.497 e. The number of rotatable bonds is 16. The van der Waals surface area contributed by atoms with E-state index >= 15 is 0 Å². The number of fused-ring (bicyclic) bond motifs is 1. The minimum absolute atomic E-state index is 0.126. The van der Waals surface area contributed by atoms with Gasteiger partial charge in [0.25, 0.3) is 0 Å². The van der Waals surface area contributed by atoms with Gasteiger partial charge < -0.3 is 23.7 Å². The Kier molecular flexibility index (Phi) is 11.2. The normalized spacial score (nSPS) is 15.5. The zero-order valence-corrected chi connectivity index (χ0v) is 20.4. The molecule has 0 aromatic heterocycles. The fourth-order valence-corrected chi connectivity index (χ4v) is 4.27. The average molecular weight is 463 g/mol. The van der Waals surface area contributed by atoms with E-state index in [0.717, 1.165) is 63.4 Å². The van der Waals surface area contributed by atoms with Gasteiger partial charge in [-0.05, 0) is 45.1 Å². The van der Waals surface area contributed by atoms with E-state index < -0.39 is 0 Å². The summed E-state index contributed by atoms with van der Waals surface area (Å²) in [5.41, 5.74) is 1.36. The molecule has 0 saturated heterocycles. The maximum atomic E-state index is 12.3. The van der Waals surface area contributed by atoms with Crippen LogP contribution in [0.25, 0.3) is 0 Å². The van der Waals surface area contributed by atoms with Gasteiger partial charge in [-0.1, -0.05) is 32.1 Å². The lowest BCUT2D eigenvalue weighted by atomic mass is 9.98. The first-order valence-electron chi connectivity index (χ1n) is 12.0. The van der Waals surface area contributed by atoms with Gasteiger partial charge in [-0.3, -0.25) is 4.79 Å². The van der Waals surface area contributed by atoms with Crippen LogP contribution in [-0.4, -0.2) is 38.0 Å². The van der Waals surface area contributed by atoms with E-state index in [4.69, 9.17) is 18.9 Å². The van der Waals surface area contributed by atoms with E-state index in [9.17, 15) is 14.4 Å². The number of carbonyl (C=O) groups is 3. The van der Waals surface area contributed by atoms with Crippen molar-refractivity contribution in [2.45, 2.75) is 96.7 Å². The summed E-state index contributed by atoms with van der Waals surface area (Å²) >= 11 is 0. The average Bonchev–Trinajstić information content (AvgIpc) is 3.10. The molecule has 1 aromatic carbocycles. The highest BCUT2D eigenvalue weighted by atomic mass is 16.6. The van der Waals surface area contributed by atoms with Gasteiger partial charge in [0, 0.05) is 25.0 Å². The molecule has 0 fully saturated rings. The molecule has 0 spiro atoms. The van der Waals surface area contributed by atoms with Gasteiger partial charge in [0.1, 0.15) is 35.1 Å². The fraction of sp³-hybridized carbons (Fsp3) is 0.654. The predicted molar refractivity (Wildman–Crippen MR) is 125 cm³/mol. The molecule has 7 nitrogen and oxygen atoms in total. The molecule has 1 aliphatic rings. The molecule has 0 radical (unpaired) electrons. The van der Waals surface area contributed by atoms with E-state index in [-0.39, 0.29) is 29.9 Å². The molecular formula is C26H38O7. The number of cyclic esters (lactones) is 1. The van der Waals surface area contributed by atoms with E-state index in [1.165, 1.54) is 14.0 Å². The predicted octanol–water partition coefficient (Wildman–Crippen LogP) is 5.73. The van der Waals surface area contributed by atoms with Gasteiger partial charge in [0.2, 0.25) is 0 Å². The second-order valence-corrected chi connectivity index (χ2v) is 8.71. The van der Waals surface area contributed by atoms with Gasteiger partial charge in [-0.2, -0.15) is 0 Å². The molecule has 0 bridgehead atoms. The van der Waals surface area contributed by atoms with Crippen molar-refractivity contribution >= 4 is 17.7 Å². The number of unbranched alkanes of at least 4 members (excludes halogenated alkanes) is 6. The van der Waals surface area contributed by atoms with Crippen molar-refractivity contribution in [3.05, 3.63) is 23.3 Å². The number of hydrogen-bond donors (Lipinski definition) is 0.